The molecule has 0 aromatic rings. The van der Waals surface area contributed by atoms with Gasteiger partial charge in [0.1, 0.15) is 6.61 Å². The van der Waals surface area contributed by atoms with E-state index in [1.807, 2.05) is 12.2 Å². The molecule has 1 heterocycles. The molecule has 0 saturated carbocycles. The molecule has 1 rings (SSSR count). The SMILES string of the molecule is CCCCCCCCCCCCCC(=O)OC[C@H](COP(=O)(O)OCCN)OC(=O)CCC/C=C\C[C@H]1[C@@H](O)CC(O)O[C@@H]1/C=C/[C@@H](O)CCCCC. The summed E-state index contributed by atoms with van der Waals surface area (Å²) in [6, 6.07) is 0. The normalized spacial score (nSPS) is 21.5. The molecule has 0 amide bonds. The quantitative estimate of drug-likeness (QED) is 0.0199. The van der Waals surface area contributed by atoms with Gasteiger partial charge in [0.25, 0.3) is 0 Å². The average molecular weight is 778 g/mol. The average Bonchev–Trinajstić information content (AvgIpc) is 3.12. The minimum absolute atomic E-state index is 0.0104. The third kappa shape index (κ3) is 26.7. The Balaban J connectivity index is 2.51. The molecule has 53 heavy (non-hydrogen) atoms. The number of phosphoric ester groups is 1. The van der Waals surface area contributed by atoms with Crippen LogP contribution in [-0.2, 0) is 37.4 Å². The molecule has 0 bridgehead atoms. The van der Waals surface area contributed by atoms with Crippen LogP contribution in [0, 0.1) is 5.92 Å². The van der Waals surface area contributed by atoms with Crippen LogP contribution in [0.4, 0.5) is 0 Å². The van der Waals surface area contributed by atoms with Crippen molar-refractivity contribution in [3.63, 3.8) is 0 Å². The number of unbranched alkanes of at least 4 members (excludes halogenated alkanes) is 13. The first-order valence-corrected chi connectivity index (χ1v) is 21.7. The molecule has 0 spiro atoms. The molecule has 13 nitrogen and oxygen atoms in total. The van der Waals surface area contributed by atoms with E-state index in [9.17, 15) is 34.4 Å². The van der Waals surface area contributed by atoms with Crippen LogP contribution in [0.25, 0.3) is 0 Å². The van der Waals surface area contributed by atoms with Gasteiger partial charge in [0.05, 0.1) is 31.5 Å². The number of esters is 2. The molecule has 0 aromatic carbocycles. The van der Waals surface area contributed by atoms with Crippen molar-refractivity contribution in [3.05, 3.63) is 24.3 Å². The smallest absolute Gasteiger partial charge is 0.462 e. The number of aliphatic hydroxyl groups is 3. The molecule has 0 radical (unpaired) electrons. The first-order chi connectivity index (χ1) is 25.5. The van der Waals surface area contributed by atoms with E-state index in [2.05, 4.69) is 13.8 Å². The van der Waals surface area contributed by atoms with E-state index in [1.165, 1.54) is 44.9 Å². The van der Waals surface area contributed by atoms with Crippen LogP contribution in [0.15, 0.2) is 24.3 Å². The van der Waals surface area contributed by atoms with Crippen LogP contribution in [0.1, 0.15) is 149 Å². The molecule has 1 saturated heterocycles. The number of rotatable bonds is 33. The zero-order valence-electron chi connectivity index (χ0n) is 32.5. The second-order valence-corrected chi connectivity index (χ2v) is 15.5. The lowest BCUT2D eigenvalue weighted by atomic mass is 9.87. The van der Waals surface area contributed by atoms with Crippen LogP contribution in [0.2, 0.25) is 0 Å². The third-order valence-electron chi connectivity index (χ3n) is 9.14. The highest BCUT2D eigenvalue weighted by molar-refractivity contribution is 7.47. The topological polar surface area (TPSA) is 204 Å². The predicted octanol–water partition coefficient (Wildman–Crippen LogP) is 6.93. The van der Waals surface area contributed by atoms with Crippen molar-refractivity contribution < 1.29 is 57.6 Å². The van der Waals surface area contributed by atoms with Gasteiger partial charge < -0.3 is 40.2 Å². The summed E-state index contributed by atoms with van der Waals surface area (Å²) in [5.74, 6) is -1.34. The molecule has 310 valence electrons. The fourth-order valence-electron chi connectivity index (χ4n) is 6.03. The second-order valence-electron chi connectivity index (χ2n) is 14.0. The van der Waals surface area contributed by atoms with Gasteiger partial charge >= 0.3 is 19.8 Å². The first kappa shape index (κ1) is 49.3. The van der Waals surface area contributed by atoms with Crippen molar-refractivity contribution >= 4 is 19.8 Å². The number of hydrogen-bond donors (Lipinski definition) is 5. The Morgan fingerprint density at radius 1 is 0.849 bits per heavy atom. The Kier molecular flexibility index (Phi) is 29.4. The van der Waals surface area contributed by atoms with Gasteiger partial charge in [-0.2, -0.15) is 0 Å². The van der Waals surface area contributed by atoms with Gasteiger partial charge in [0, 0.05) is 31.7 Å². The number of carbonyl (C=O) groups excluding carboxylic acids is 2. The van der Waals surface area contributed by atoms with Crippen molar-refractivity contribution in [2.24, 2.45) is 11.7 Å². The number of aliphatic hydroxyl groups excluding tert-OH is 3. The van der Waals surface area contributed by atoms with E-state index in [0.717, 1.165) is 38.5 Å². The summed E-state index contributed by atoms with van der Waals surface area (Å²) in [5, 5.41) is 30.9. The molecule has 14 heteroatoms. The lowest BCUT2D eigenvalue weighted by molar-refractivity contribution is -0.199. The van der Waals surface area contributed by atoms with Crippen molar-refractivity contribution in [1.29, 1.82) is 0 Å². The molecular formula is C39H72NO12P. The van der Waals surface area contributed by atoms with Gasteiger partial charge in [-0.05, 0) is 32.1 Å². The fraction of sp³-hybridized carbons (Fsp3) is 0.846. The summed E-state index contributed by atoms with van der Waals surface area (Å²) in [5.41, 5.74) is 5.33. The number of hydrogen-bond acceptors (Lipinski definition) is 12. The standard InChI is InChI=1S/C39H72NO12P/c1-3-5-7-8-9-10-11-12-13-14-19-23-37(43)48-30-33(31-50-53(46,47)49-28-27-40)51-38(44)24-20-16-15-18-22-34-35(42)29-39(45)52-36(34)26-25-32(41)21-17-6-4-2/h15,18,25-26,32-36,39,41-42,45H,3-14,16-17,19-24,27-31,40H2,1-2H3,(H,46,47)/b18-15-,26-25+/t32-,33+,34-,35-,36+,39?/m0/s1. The Bertz CT molecular complexity index is 1040. The van der Waals surface area contributed by atoms with Crippen LogP contribution in [-0.4, -0.2) is 89.2 Å². The molecule has 1 aliphatic rings. The largest absolute Gasteiger partial charge is 0.472 e. The minimum Gasteiger partial charge on any atom is -0.462 e. The third-order valence-corrected chi connectivity index (χ3v) is 10.1. The summed E-state index contributed by atoms with van der Waals surface area (Å²) >= 11 is 0. The monoisotopic (exact) mass is 777 g/mol. The predicted molar refractivity (Wildman–Crippen MR) is 205 cm³/mol. The van der Waals surface area contributed by atoms with Crippen LogP contribution in [0.3, 0.4) is 0 Å². The number of ether oxygens (including phenoxy) is 3. The maximum atomic E-state index is 12.7. The van der Waals surface area contributed by atoms with Crippen molar-refractivity contribution in [2.75, 3.05) is 26.4 Å². The van der Waals surface area contributed by atoms with Crippen molar-refractivity contribution in [1.82, 2.24) is 0 Å². The Morgan fingerprint density at radius 2 is 1.47 bits per heavy atom. The highest BCUT2D eigenvalue weighted by Crippen LogP contribution is 2.43. The van der Waals surface area contributed by atoms with E-state index >= 15 is 0 Å². The molecular weight excluding hydrogens is 705 g/mol. The van der Waals surface area contributed by atoms with E-state index < -0.39 is 57.1 Å². The van der Waals surface area contributed by atoms with Crippen LogP contribution < -0.4 is 5.73 Å². The Hall–Kier alpha value is -1.67. The summed E-state index contributed by atoms with van der Waals surface area (Å²) in [6.45, 7) is 3.28. The number of carbonyl (C=O) groups is 2. The van der Waals surface area contributed by atoms with E-state index in [0.29, 0.717) is 32.1 Å². The summed E-state index contributed by atoms with van der Waals surface area (Å²) in [6.07, 6.45) is 21.2. The van der Waals surface area contributed by atoms with Gasteiger partial charge in [0.15, 0.2) is 12.4 Å². The summed E-state index contributed by atoms with van der Waals surface area (Å²) in [7, 11) is -4.45. The van der Waals surface area contributed by atoms with Gasteiger partial charge in [-0.1, -0.05) is 122 Å². The second kappa shape index (κ2) is 31.5. The first-order valence-electron chi connectivity index (χ1n) is 20.2. The molecule has 0 aliphatic carbocycles. The Labute approximate surface area is 318 Å². The molecule has 6 N–H and O–H groups in total. The maximum Gasteiger partial charge on any atom is 0.472 e. The van der Waals surface area contributed by atoms with Gasteiger partial charge in [-0.15, -0.1) is 0 Å². The molecule has 0 aromatic heterocycles. The van der Waals surface area contributed by atoms with Gasteiger partial charge in [0.2, 0.25) is 0 Å². The maximum absolute atomic E-state index is 12.7. The van der Waals surface area contributed by atoms with E-state index in [-0.39, 0.29) is 44.9 Å². The molecule has 2 unspecified atom stereocenters. The van der Waals surface area contributed by atoms with Gasteiger partial charge in [-0.3, -0.25) is 18.6 Å². The number of nitrogens with two attached hydrogens (primary N) is 1. The Morgan fingerprint density at radius 3 is 2.13 bits per heavy atom. The van der Waals surface area contributed by atoms with E-state index in [4.69, 9.17) is 29.0 Å². The zero-order valence-corrected chi connectivity index (χ0v) is 33.4. The van der Waals surface area contributed by atoms with Crippen LogP contribution in [0.5, 0.6) is 0 Å². The van der Waals surface area contributed by atoms with Gasteiger partial charge in [-0.25, -0.2) is 4.57 Å². The van der Waals surface area contributed by atoms with Crippen molar-refractivity contribution in [3.8, 4) is 0 Å². The number of allylic oxidation sites excluding steroid dienone is 2. The zero-order chi connectivity index (χ0) is 39.2. The lowest BCUT2D eigenvalue weighted by Gasteiger charge is -2.36. The summed E-state index contributed by atoms with van der Waals surface area (Å²) in [4.78, 5) is 34.9. The molecule has 1 aliphatic heterocycles. The lowest BCUT2D eigenvalue weighted by Crippen LogP contribution is -2.43. The van der Waals surface area contributed by atoms with Crippen LogP contribution >= 0.6 is 7.82 Å². The van der Waals surface area contributed by atoms with Crippen molar-refractivity contribution in [2.45, 2.75) is 179 Å². The molecule has 7 atom stereocenters. The summed E-state index contributed by atoms with van der Waals surface area (Å²) < 4.78 is 38.3. The van der Waals surface area contributed by atoms with E-state index in [1.54, 1.807) is 12.2 Å². The highest BCUT2D eigenvalue weighted by atomic mass is 31.2. The highest BCUT2D eigenvalue weighted by Gasteiger charge is 2.35. The molecule has 1 fully saturated rings. The number of phosphoric acid groups is 1. The fourth-order valence-corrected chi connectivity index (χ4v) is 6.79. The minimum atomic E-state index is -4.45.